The van der Waals surface area contributed by atoms with Gasteiger partial charge in [-0.2, -0.15) is 4.98 Å². The predicted octanol–water partition coefficient (Wildman–Crippen LogP) is 2.36. The first-order valence-corrected chi connectivity index (χ1v) is 8.70. The second kappa shape index (κ2) is 6.76. The maximum Gasteiger partial charge on any atom is 0.223 e. The third-order valence-corrected chi connectivity index (χ3v) is 4.69. The van der Waals surface area contributed by atoms with Gasteiger partial charge in [-0.15, -0.1) is 0 Å². The number of hydrogen-bond donors (Lipinski definition) is 1. The van der Waals surface area contributed by atoms with Gasteiger partial charge in [0.05, 0.1) is 12.1 Å². The molecule has 7 nitrogen and oxygen atoms in total. The van der Waals surface area contributed by atoms with Crippen LogP contribution in [0.1, 0.15) is 30.4 Å². The Kier molecular flexibility index (Phi) is 4.31. The van der Waals surface area contributed by atoms with Crippen LogP contribution in [0.5, 0.6) is 0 Å². The number of rotatable bonds is 4. The van der Waals surface area contributed by atoms with Crippen molar-refractivity contribution >= 4 is 16.7 Å². The van der Waals surface area contributed by atoms with Crippen LogP contribution >= 0.6 is 0 Å². The second-order valence-corrected chi connectivity index (χ2v) is 6.72. The molecular formula is C18H22N6O. The number of fused-ring (bicyclic) bond motifs is 1. The molecule has 2 N–H and O–H groups in total. The normalized spacial score (nSPS) is 18.7. The Morgan fingerprint density at radius 2 is 2.08 bits per heavy atom. The highest BCUT2D eigenvalue weighted by atomic mass is 16.5. The molecule has 1 aliphatic heterocycles. The number of nitrogens with zero attached hydrogens (tertiary/aromatic N) is 5. The number of aromatic nitrogens is 4. The maximum atomic E-state index is 6.10. The number of nitrogens with two attached hydrogens (primary N) is 1. The molecule has 0 spiro atoms. The van der Waals surface area contributed by atoms with E-state index in [2.05, 4.69) is 25.0 Å². The summed E-state index contributed by atoms with van der Waals surface area (Å²) in [5, 5.41) is 4.93. The number of benzene rings is 1. The molecule has 1 aliphatic rings. The first kappa shape index (κ1) is 16.0. The number of aryl methyl sites for hydroxylation is 1. The number of piperidine rings is 1. The third kappa shape index (κ3) is 3.61. The monoisotopic (exact) mass is 338 g/mol. The third-order valence-electron chi connectivity index (χ3n) is 4.69. The van der Waals surface area contributed by atoms with Gasteiger partial charge < -0.3 is 10.3 Å². The molecule has 0 bridgehead atoms. The van der Waals surface area contributed by atoms with E-state index in [9.17, 15) is 0 Å². The van der Waals surface area contributed by atoms with Crippen molar-refractivity contribution in [2.24, 2.45) is 5.92 Å². The van der Waals surface area contributed by atoms with Crippen molar-refractivity contribution in [2.45, 2.75) is 32.7 Å². The van der Waals surface area contributed by atoms with Gasteiger partial charge in [-0.05, 0) is 37.4 Å². The molecule has 0 amide bonds. The van der Waals surface area contributed by atoms with Gasteiger partial charge in [-0.3, -0.25) is 4.90 Å². The molecule has 0 saturated carbocycles. The van der Waals surface area contributed by atoms with E-state index >= 15 is 0 Å². The lowest BCUT2D eigenvalue weighted by molar-refractivity contribution is 0.162. The zero-order valence-electron chi connectivity index (χ0n) is 14.4. The SMILES string of the molecule is Cc1nc(C[C@H]2CCCN(Cc3nc(N)c4ccccc4n3)C2)no1. The van der Waals surface area contributed by atoms with Gasteiger partial charge in [-0.25, -0.2) is 9.97 Å². The maximum absolute atomic E-state index is 6.10. The quantitative estimate of drug-likeness (QED) is 0.780. The summed E-state index contributed by atoms with van der Waals surface area (Å²) in [5.41, 5.74) is 7.00. The molecule has 3 heterocycles. The standard InChI is InChI=1S/C18H22N6O/c1-12-20-16(23-25-12)9-13-5-4-8-24(10-13)11-17-21-15-7-3-2-6-14(15)18(19)22-17/h2-3,6-7,13H,4-5,8-11H2,1H3,(H2,19,21,22)/t13-/m1/s1. The second-order valence-electron chi connectivity index (χ2n) is 6.72. The highest BCUT2D eigenvalue weighted by molar-refractivity contribution is 5.87. The highest BCUT2D eigenvalue weighted by Crippen LogP contribution is 2.22. The predicted molar refractivity (Wildman–Crippen MR) is 94.7 cm³/mol. The van der Waals surface area contributed by atoms with E-state index in [1.807, 2.05) is 31.2 Å². The fourth-order valence-electron chi connectivity index (χ4n) is 3.57. The van der Waals surface area contributed by atoms with Crippen LogP contribution in [0, 0.1) is 12.8 Å². The van der Waals surface area contributed by atoms with Gasteiger partial charge in [0.25, 0.3) is 0 Å². The molecule has 0 unspecified atom stereocenters. The van der Waals surface area contributed by atoms with Crippen molar-refractivity contribution in [3.63, 3.8) is 0 Å². The van der Waals surface area contributed by atoms with Crippen molar-refractivity contribution in [1.82, 2.24) is 25.0 Å². The van der Waals surface area contributed by atoms with Crippen molar-refractivity contribution in [2.75, 3.05) is 18.8 Å². The van der Waals surface area contributed by atoms with Gasteiger partial charge in [-0.1, -0.05) is 17.3 Å². The lowest BCUT2D eigenvalue weighted by atomic mass is 9.94. The molecule has 0 radical (unpaired) electrons. The van der Waals surface area contributed by atoms with Crippen molar-refractivity contribution in [3.8, 4) is 0 Å². The Labute approximate surface area is 146 Å². The summed E-state index contributed by atoms with van der Waals surface area (Å²) in [5.74, 6) is 3.30. The van der Waals surface area contributed by atoms with E-state index in [1.165, 1.54) is 6.42 Å². The number of nitrogen functional groups attached to an aromatic ring is 1. The van der Waals surface area contributed by atoms with Crippen LogP contribution in [0.4, 0.5) is 5.82 Å². The van der Waals surface area contributed by atoms with Gasteiger partial charge in [0, 0.05) is 25.3 Å². The molecule has 1 atom stereocenters. The Morgan fingerprint density at radius 1 is 1.20 bits per heavy atom. The molecule has 7 heteroatoms. The molecule has 1 aromatic carbocycles. The van der Waals surface area contributed by atoms with Crippen molar-refractivity contribution < 1.29 is 4.52 Å². The summed E-state index contributed by atoms with van der Waals surface area (Å²) in [4.78, 5) is 15.9. The summed E-state index contributed by atoms with van der Waals surface area (Å²) in [7, 11) is 0. The minimum absolute atomic E-state index is 0.531. The molecule has 3 aromatic rings. The Balaban J connectivity index is 1.45. The van der Waals surface area contributed by atoms with E-state index in [4.69, 9.17) is 10.3 Å². The van der Waals surface area contributed by atoms with Crippen molar-refractivity contribution in [3.05, 3.63) is 41.8 Å². The van der Waals surface area contributed by atoms with Crippen molar-refractivity contribution in [1.29, 1.82) is 0 Å². The molecule has 4 rings (SSSR count). The van der Waals surface area contributed by atoms with E-state index in [-0.39, 0.29) is 0 Å². The smallest absolute Gasteiger partial charge is 0.223 e. The molecule has 1 fully saturated rings. The van der Waals surface area contributed by atoms with E-state index < -0.39 is 0 Å². The Morgan fingerprint density at radius 3 is 2.92 bits per heavy atom. The van der Waals surface area contributed by atoms with Crippen LogP contribution in [0.25, 0.3) is 10.9 Å². The average Bonchev–Trinajstić information content (AvgIpc) is 3.00. The van der Waals surface area contributed by atoms with Gasteiger partial charge in [0.1, 0.15) is 11.6 Å². The first-order chi connectivity index (χ1) is 12.2. The van der Waals surface area contributed by atoms with Crippen LogP contribution < -0.4 is 5.73 Å². The first-order valence-electron chi connectivity index (χ1n) is 8.70. The van der Waals surface area contributed by atoms with E-state index in [1.54, 1.807) is 0 Å². The van der Waals surface area contributed by atoms with Crippen LogP contribution in [-0.4, -0.2) is 38.1 Å². The molecule has 2 aromatic heterocycles. The molecule has 25 heavy (non-hydrogen) atoms. The lowest BCUT2D eigenvalue weighted by Crippen LogP contribution is -2.36. The largest absolute Gasteiger partial charge is 0.383 e. The zero-order chi connectivity index (χ0) is 17.2. The van der Waals surface area contributed by atoms with E-state index in [0.717, 1.165) is 55.0 Å². The summed E-state index contributed by atoms with van der Waals surface area (Å²) < 4.78 is 5.07. The topological polar surface area (TPSA) is 94.0 Å². The zero-order valence-corrected chi connectivity index (χ0v) is 14.4. The molecule has 1 saturated heterocycles. The van der Waals surface area contributed by atoms with Crippen LogP contribution in [0.2, 0.25) is 0 Å². The average molecular weight is 338 g/mol. The van der Waals surface area contributed by atoms with Gasteiger partial charge >= 0.3 is 0 Å². The summed E-state index contributed by atoms with van der Waals surface area (Å²) in [6.45, 7) is 4.59. The lowest BCUT2D eigenvalue weighted by Gasteiger charge is -2.31. The van der Waals surface area contributed by atoms with Crippen LogP contribution in [0.3, 0.4) is 0 Å². The van der Waals surface area contributed by atoms with Crippen LogP contribution in [0.15, 0.2) is 28.8 Å². The van der Waals surface area contributed by atoms with Gasteiger partial charge in [0.15, 0.2) is 5.82 Å². The summed E-state index contributed by atoms with van der Waals surface area (Å²) in [6, 6.07) is 7.87. The van der Waals surface area contributed by atoms with Crippen LogP contribution in [-0.2, 0) is 13.0 Å². The van der Waals surface area contributed by atoms with E-state index in [0.29, 0.717) is 17.6 Å². The number of likely N-dealkylation sites (tertiary alicyclic amines) is 1. The highest BCUT2D eigenvalue weighted by Gasteiger charge is 2.23. The number of anilines is 1. The Hall–Kier alpha value is -2.54. The number of hydrogen-bond acceptors (Lipinski definition) is 7. The minimum Gasteiger partial charge on any atom is -0.383 e. The number of para-hydroxylation sites is 1. The fourth-order valence-corrected chi connectivity index (χ4v) is 3.57. The molecule has 0 aliphatic carbocycles. The Bertz CT molecular complexity index is 877. The summed E-state index contributed by atoms with van der Waals surface area (Å²) >= 11 is 0. The summed E-state index contributed by atoms with van der Waals surface area (Å²) in [6.07, 6.45) is 3.20. The van der Waals surface area contributed by atoms with Gasteiger partial charge in [0.2, 0.25) is 5.89 Å². The minimum atomic E-state index is 0.531. The molecule has 130 valence electrons. The fraction of sp³-hybridized carbons (Fsp3) is 0.444. The molecular weight excluding hydrogens is 316 g/mol.